The third-order valence-electron chi connectivity index (χ3n) is 4.88. The number of carbonyl (C=O) groups is 2. The van der Waals surface area contributed by atoms with Crippen LogP contribution in [0.25, 0.3) is 0 Å². The van der Waals surface area contributed by atoms with E-state index in [9.17, 15) is 9.59 Å². The minimum atomic E-state index is -0.716. The minimum Gasteiger partial charge on any atom is -0.379 e. The molecule has 0 bridgehead atoms. The third-order valence-corrected chi connectivity index (χ3v) is 4.88. The molecule has 5 heteroatoms. The second-order valence-corrected chi connectivity index (χ2v) is 6.38. The van der Waals surface area contributed by atoms with Crippen LogP contribution >= 0.6 is 0 Å². The minimum absolute atomic E-state index is 0.0193. The van der Waals surface area contributed by atoms with E-state index in [1.165, 1.54) is 0 Å². The molecule has 1 aliphatic heterocycles. The Hall–Kier alpha value is -1.10. The van der Waals surface area contributed by atoms with Crippen LogP contribution in [0.15, 0.2) is 0 Å². The summed E-state index contributed by atoms with van der Waals surface area (Å²) in [4.78, 5) is 27.1. The molecule has 0 aromatic rings. The molecule has 0 aliphatic carbocycles. The number of methoxy groups -OCH3 is 1. The molecular formula is C16H30N2O3. The molecule has 1 aliphatic rings. The fraction of sp³-hybridized carbons (Fsp3) is 0.875. The van der Waals surface area contributed by atoms with E-state index >= 15 is 0 Å². The quantitative estimate of drug-likeness (QED) is 0.783. The van der Waals surface area contributed by atoms with Gasteiger partial charge in [-0.1, -0.05) is 20.8 Å². The molecule has 1 atom stereocenters. The lowest BCUT2D eigenvalue weighted by Gasteiger charge is -2.48. The van der Waals surface area contributed by atoms with Gasteiger partial charge in [0.05, 0.1) is 5.60 Å². The van der Waals surface area contributed by atoms with Crippen molar-refractivity contribution in [1.29, 1.82) is 0 Å². The lowest BCUT2D eigenvalue weighted by Crippen LogP contribution is -2.70. The Morgan fingerprint density at radius 3 is 2.24 bits per heavy atom. The van der Waals surface area contributed by atoms with Crippen LogP contribution in [0, 0.1) is 0 Å². The lowest BCUT2D eigenvalue weighted by molar-refractivity contribution is -0.159. The number of hydrogen-bond acceptors (Lipinski definition) is 3. The Bertz CT molecular complexity index is 389. The highest BCUT2D eigenvalue weighted by molar-refractivity contribution is 5.99. The summed E-state index contributed by atoms with van der Waals surface area (Å²) in [6.07, 6.45) is 2.59. The topological polar surface area (TPSA) is 58.6 Å². The van der Waals surface area contributed by atoms with Gasteiger partial charge >= 0.3 is 0 Å². The molecule has 0 radical (unpaired) electrons. The van der Waals surface area contributed by atoms with Gasteiger partial charge in [-0.05, 0) is 39.5 Å². The van der Waals surface area contributed by atoms with E-state index in [0.29, 0.717) is 32.2 Å². The van der Waals surface area contributed by atoms with E-state index in [2.05, 4.69) is 5.32 Å². The molecule has 122 valence electrons. The van der Waals surface area contributed by atoms with Crippen LogP contribution in [0.5, 0.6) is 0 Å². The van der Waals surface area contributed by atoms with Gasteiger partial charge in [0.25, 0.3) is 0 Å². The molecule has 0 aromatic heterocycles. The number of piperazine rings is 1. The SMILES string of the molecule is CCC1NC(=O)C(CC)(CC)N(CCC(C)(C)OC)C1=O. The first-order valence-electron chi connectivity index (χ1n) is 7.95. The number of carbonyl (C=O) groups excluding carboxylic acids is 2. The van der Waals surface area contributed by atoms with Crippen molar-refractivity contribution < 1.29 is 14.3 Å². The molecule has 21 heavy (non-hydrogen) atoms. The Kier molecular flexibility index (Phi) is 5.79. The van der Waals surface area contributed by atoms with Gasteiger partial charge in [-0.3, -0.25) is 9.59 Å². The summed E-state index contributed by atoms with van der Waals surface area (Å²) in [5.74, 6) is 0.0156. The predicted octanol–water partition coefficient (Wildman–Crippen LogP) is 2.10. The van der Waals surface area contributed by atoms with Gasteiger partial charge in [-0.15, -0.1) is 0 Å². The first kappa shape index (κ1) is 18.0. The first-order chi connectivity index (χ1) is 9.77. The second-order valence-electron chi connectivity index (χ2n) is 6.38. The maximum atomic E-state index is 12.7. The van der Waals surface area contributed by atoms with Crippen LogP contribution in [-0.4, -0.2) is 47.6 Å². The van der Waals surface area contributed by atoms with E-state index in [1.54, 1.807) is 12.0 Å². The third kappa shape index (κ3) is 3.39. The monoisotopic (exact) mass is 298 g/mol. The molecule has 0 aromatic carbocycles. The molecular weight excluding hydrogens is 268 g/mol. The zero-order valence-electron chi connectivity index (χ0n) is 14.3. The van der Waals surface area contributed by atoms with Gasteiger partial charge in [0, 0.05) is 13.7 Å². The van der Waals surface area contributed by atoms with Crippen molar-refractivity contribution in [3.05, 3.63) is 0 Å². The van der Waals surface area contributed by atoms with Gasteiger partial charge in [0.15, 0.2) is 0 Å². The van der Waals surface area contributed by atoms with Gasteiger partial charge in [-0.2, -0.15) is 0 Å². The highest BCUT2D eigenvalue weighted by Gasteiger charge is 2.49. The zero-order valence-corrected chi connectivity index (χ0v) is 14.3. The van der Waals surface area contributed by atoms with E-state index in [4.69, 9.17) is 4.74 Å². The molecule has 0 saturated carbocycles. The Labute approximate surface area is 128 Å². The standard InChI is InChI=1S/C16H30N2O3/c1-7-12-13(19)18(11-10-15(4,5)21-6)16(8-2,9-3)14(20)17-12/h12H,7-11H2,1-6H3,(H,17,20). The number of amides is 2. The Morgan fingerprint density at radius 1 is 1.24 bits per heavy atom. The molecule has 1 saturated heterocycles. The molecule has 1 unspecified atom stereocenters. The molecule has 1 fully saturated rings. The van der Waals surface area contributed by atoms with Gasteiger partial charge < -0.3 is 15.0 Å². The highest BCUT2D eigenvalue weighted by atomic mass is 16.5. The predicted molar refractivity (Wildman–Crippen MR) is 83.0 cm³/mol. The molecule has 1 heterocycles. The van der Waals surface area contributed by atoms with Crippen LogP contribution in [0.1, 0.15) is 60.3 Å². The number of rotatable bonds is 7. The number of nitrogens with zero attached hydrogens (tertiary/aromatic N) is 1. The smallest absolute Gasteiger partial charge is 0.246 e. The lowest BCUT2D eigenvalue weighted by atomic mass is 9.84. The van der Waals surface area contributed by atoms with E-state index in [-0.39, 0.29) is 17.4 Å². The fourth-order valence-electron chi connectivity index (χ4n) is 2.91. The van der Waals surface area contributed by atoms with E-state index < -0.39 is 11.6 Å². The maximum Gasteiger partial charge on any atom is 0.246 e. The Balaban J connectivity index is 3.05. The largest absolute Gasteiger partial charge is 0.379 e. The summed E-state index contributed by atoms with van der Waals surface area (Å²) >= 11 is 0. The van der Waals surface area contributed by atoms with Gasteiger partial charge in [-0.25, -0.2) is 0 Å². The summed E-state index contributed by atoms with van der Waals surface area (Å²) in [5.41, 5.74) is -1.02. The Morgan fingerprint density at radius 2 is 1.81 bits per heavy atom. The molecule has 5 nitrogen and oxygen atoms in total. The van der Waals surface area contributed by atoms with Crippen LogP contribution in [-0.2, 0) is 14.3 Å². The van der Waals surface area contributed by atoms with Crippen LogP contribution < -0.4 is 5.32 Å². The average Bonchev–Trinajstić information content (AvgIpc) is 2.47. The van der Waals surface area contributed by atoms with Crippen LogP contribution in [0.2, 0.25) is 0 Å². The molecule has 1 N–H and O–H groups in total. The molecule has 1 rings (SSSR count). The zero-order chi connectivity index (χ0) is 16.3. The number of ether oxygens (including phenoxy) is 1. The van der Waals surface area contributed by atoms with Crippen molar-refractivity contribution in [3.8, 4) is 0 Å². The van der Waals surface area contributed by atoms with Crippen LogP contribution in [0.3, 0.4) is 0 Å². The summed E-state index contributed by atoms with van der Waals surface area (Å²) in [5, 5.41) is 2.89. The van der Waals surface area contributed by atoms with Crippen molar-refractivity contribution in [2.75, 3.05) is 13.7 Å². The highest BCUT2D eigenvalue weighted by Crippen LogP contribution is 2.30. The van der Waals surface area contributed by atoms with Crippen molar-refractivity contribution in [2.45, 2.75) is 77.5 Å². The van der Waals surface area contributed by atoms with Gasteiger partial charge in [0.1, 0.15) is 11.6 Å². The van der Waals surface area contributed by atoms with Crippen molar-refractivity contribution >= 4 is 11.8 Å². The maximum absolute atomic E-state index is 12.7. The number of hydrogen-bond donors (Lipinski definition) is 1. The fourth-order valence-corrected chi connectivity index (χ4v) is 2.91. The average molecular weight is 298 g/mol. The summed E-state index contributed by atoms with van der Waals surface area (Å²) in [6, 6.07) is -0.394. The van der Waals surface area contributed by atoms with E-state index in [1.807, 2.05) is 34.6 Å². The molecule has 0 spiro atoms. The molecule has 2 amide bonds. The summed E-state index contributed by atoms with van der Waals surface area (Å²) in [6.45, 7) is 10.4. The summed E-state index contributed by atoms with van der Waals surface area (Å²) < 4.78 is 5.44. The van der Waals surface area contributed by atoms with Crippen LogP contribution in [0.4, 0.5) is 0 Å². The van der Waals surface area contributed by atoms with Crippen molar-refractivity contribution in [3.63, 3.8) is 0 Å². The van der Waals surface area contributed by atoms with E-state index in [0.717, 1.165) is 0 Å². The normalized spacial score (nSPS) is 22.4. The van der Waals surface area contributed by atoms with Crippen molar-refractivity contribution in [2.24, 2.45) is 0 Å². The second kappa shape index (κ2) is 6.77. The van der Waals surface area contributed by atoms with Gasteiger partial charge in [0.2, 0.25) is 11.8 Å². The van der Waals surface area contributed by atoms with Crippen molar-refractivity contribution in [1.82, 2.24) is 10.2 Å². The first-order valence-corrected chi connectivity index (χ1v) is 7.95. The summed E-state index contributed by atoms with van der Waals surface area (Å²) in [7, 11) is 1.67. The number of nitrogens with one attached hydrogen (secondary N) is 1.